The van der Waals surface area contributed by atoms with Crippen molar-refractivity contribution in [1.29, 1.82) is 0 Å². The number of likely N-dealkylation sites (N-methyl/N-ethyl adjacent to an activating group) is 1. The highest BCUT2D eigenvalue weighted by molar-refractivity contribution is 5.82. The molecule has 0 saturated carbocycles. The minimum Gasteiger partial charge on any atom is -0.344 e. The molecule has 0 fully saturated rings. The summed E-state index contributed by atoms with van der Waals surface area (Å²) in [6, 6.07) is 19.4. The molecule has 0 saturated heterocycles. The molecule has 0 aromatic heterocycles. The average molecular weight is 296 g/mol. The maximum Gasteiger partial charge on any atom is 0.243 e. The van der Waals surface area contributed by atoms with Crippen molar-refractivity contribution in [2.45, 2.75) is 25.3 Å². The summed E-state index contributed by atoms with van der Waals surface area (Å²) in [6.45, 7) is 0.742. The zero-order valence-corrected chi connectivity index (χ0v) is 13.1. The summed E-state index contributed by atoms with van der Waals surface area (Å²) in [5.41, 5.74) is 8.25. The van der Waals surface area contributed by atoms with E-state index in [1.54, 1.807) is 4.90 Å². The van der Waals surface area contributed by atoms with Gasteiger partial charge in [-0.1, -0.05) is 60.7 Å². The van der Waals surface area contributed by atoms with Crippen LogP contribution in [0.15, 0.2) is 60.7 Å². The molecule has 0 spiro atoms. The van der Waals surface area contributed by atoms with Crippen LogP contribution in [-0.4, -0.2) is 24.4 Å². The predicted octanol–water partition coefficient (Wildman–Crippen LogP) is 3.17. The molecule has 2 rings (SSSR count). The third kappa shape index (κ3) is 4.71. The molecule has 0 aliphatic rings. The highest BCUT2D eigenvalue weighted by Crippen LogP contribution is 2.13. The van der Waals surface area contributed by atoms with Crippen molar-refractivity contribution >= 4 is 5.91 Å². The SMILES string of the molecule is CN(CCCCc1ccccc1)C(=O)C(N)c1ccccc1. The van der Waals surface area contributed by atoms with Crippen LogP contribution >= 0.6 is 0 Å². The van der Waals surface area contributed by atoms with Gasteiger partial charge in [0.05, 0.1) is 0 Å². The normalized spacial score (nSPS) is 11.9. The van der Waals surface area contributed by atoms with Crippen LogP contribution in [0.3, 0.4) is 0 Å². The Kier molecular flexibility index (Phi) is 6.16. The average Bonchev–Trinajstić information content (AvgIpc) is 2.59. The Bertz CT molecular complexity index is 569. The maximum absolute atomic E-state index is 12.3. The molecule has 0 radical (unpaired) electrons. The van der Waals surface area contributed by atoms with Crippen LogP contribution in [0, 0.1) is 0 Å². The fraction of sp³-hybridized carbons (Fsp3) is 0.316. The zero-order chi connectivity index (χ0) is 15.8. The van der Waals surface area contributed by atoms with Crippen LogP contribution in [0.4, 0.5) is 0 Å². The second-order valence-corrected chi connectivity index (χ2v) is 5.59. The lowest BCUT2D eigenvalue weighted by atomic mass is 10.1. The number of nitrogens with zero attached hydrogens (tertiary/aromatic N) is 1. The summed E-state index contributed by atoms with van der Waals surface area (Å²) >= 11 is 0. The van der Waals surface area contributed by atoms with Gasteiger partial charge in [-0.3, -0.25) is 4.79 Å². The number of nitrogens with two attached hydrogens (primary N) is 1. The molecule has 2 N–H and O–H groups in total. The Hall–Kier alpha value is -2.13. The predicted molar refractivity (Wildman–Crippen MR) is 90.4 cm³/mol. The van der Waals surface area contributed by atoms with Crippen molar-refractivity contribution < 1.29 is 4.79 Å². The van der Waals surface area contributed by atoms with Crippen LogP contribution in [-0.2, 0) is 11.2 Å². The highest BCUT2D eigenvalue weighted by Gasteiger charge is 2.18. The summed E-state index contributed by atoms with van der Waals surface area (Å²) < 4.78 is 0. The number of carbonyl (C=O) groups excluding carboxylic acids is 1. The molecule has 3 nitrogen and oxygen atoms in total. The molecule has 2 aromatic carbocycles. The van der Waals surface area contributed by atoms with Gasteiger partial charge in [0.1, 0.15) is 6.04 Å². The molecule has 0 aliphatic heterocycles. The monoisotopic (exact) mass is 296 g/mol. The molecule has 1 unspecified atom stereocenters. The molecule has 2 aromatic rings. The second-order valence-electron chi connectivity index (χ2n) is 5.59. The molecule has 0 bridgehead atoms. The van der Waals surface area contributed by atoms with Crippen molar-refractivity contribution in [3.8, 4) is 0 Å². The van der Waals surface area contributed by atoms with E-state index >= 15 is 0 Å². The fourth-order valence-electron chi connectivity index (χ4n) is 2.47. The Morgan fingerprint density at radius 2 is 1.59 bits per heavy atom. The maximum atomic E-state index is 12.3. The molecule has 1 amide bonds. The van der Waals surface area contributed by atoms with Crippen molar-refractivity contribution in [2.75, 3.05) is 13.6 Å². The summed E-state index contributed by atoms with van der Waals surface area (Å²) in [6.07, 6.45) is 3.11. The van der Waals surface area contributed by atoms with Crippen molar-refractivity contribution in [3.05, 3.63) is 71.8 Å². The van der Waals surface area contributed by atoms with Crippen molar-refractivity contribution in [2.24, 2.45) is 5.73 Å². The van der Waals surface area contributed by atoms with Gasteiger partial charge >= 0.3 is 0 Å². The largest absolute Gasteiger partial charge is 0.344 e. The summed E-state index contributed by atoms with van der Waals surface area (Å²) in [7, 11) is 1.83. The number of amides is 1. The van der Waals surface area contributed by atoms with E-state index in [1.165, 1.54) is 5.56 Å². The van der Waals surface area contributed by atoms with Crippen LogP contribution in [0.1, 0.15) is 30.0 Å². The molecule has 3 heteroatoms. The van der Waals surface area contributed by atoms with Gasteiger partial charge in [0.15, 0.2) is 0 Å². The van der Waals surface area contributed by atoms with E-state index < -0.39 is 6.04 Å². The van der Waals surface area contributed by atoms with Gasteiger partial charge in [-0.2, -0.15) is 0 Å². The molecule has 0 heterocycles. The van der Waals surface area contributed by atoms with E-state index in [2.05, 4.69) is 24.3 Å². The van der Waals surface area contributed by atoms with Gasteiger partial charge in [0, 0.05) is 13.6 Å². The first-order valence-corrected chi connectivity index (χ1v) is 7.78. The molecule has 116 valence electrons. The summed E-state index contributed by atoms with van der Waals surface area (Å²) in [4.78, 5) is 14.0. The second kappa shape index (κ2) is 8.35. The molecule has 0 aliphatic carbocycles. The van der Waals surface area contributed by atoms with Gasteiger partial charge in [0.25, 0.3) is 0 Å². The Morgan fingerprint density at radius 1 is 1.00 bits per heavy atom. The third-order valence-corrected chi connectivity index (χ3v) is 3.85. The zero-order valence-electron chi connectivity index (χ0n) is 13.1. The van der Waals surface area contributed by atoms with Crippen molar-refractivity contribution in [1.82, 2.24) is 4.90 Å². The van der Waals surface area contributed by atoms with Gasteiger partial charge in [-0.15, -0.1) is 0 Å². The number of rotatable bonds is 7. The number of hydrogen-bond donors (Lipinski definition) is 1. The Balaban J connectivity index is 1.75. The third-order valence-electron chi connectivity index (χ3n) is 3.85. The van der Waals surface area contributed by atoms with Gasteiger partial charge in [-0.05, 0) is 30.4 Å². The minimum absolute atomic E-state index is 0.0223. The van der Waals surface area contributed by atoms with Gasteiger partial charge < -0.3 is 10.6 Å². The smallest absolute Gasteiger partial charge is 0.243 e. The Labute approximate surface area is 132 Å². The molecular formula is C19H24N2O. The van der Waals surface area contributed by atoms with E-state index in [-0.39, 0.29) is 5.91 Å². The fourth-order valence-corrected chi connectivity index (χ4v) is 2.47. The standard InChI is InChI=1S/C19H24N2O/c1-21(15-9-8-12-16-10-4-2-5-11-16)19(22)18(20)17-13-6-3-7-14-17/h2-7,10-11,13-14,18H,8-9,12,15,20H2,1H3. The van der Waals surface area contributed by atoms with E-state index in [4.69, 9.17) is 5.73 Å². The number of benzene rings is 2. The van der Waals surface area contributed by atoms with Gasteiger partial charge in [0.2, 0.25) is 5.91 Å². The highest BCUT2D eigenvalue weighted by atomic mass is 16.2. The van der Waals surface area contributed by atoms with Crippen LogP contribution < -0.4 is 5.73 Å². The van der Waals surface area contributed by atoms with E-state index in [0.717, 1.165) is 31.4 Å². The lowest BCUT2D eigenvalue weighted by Crippen LogP contribution is -2.36. The Morgan fingerprint density at radius 3 is 2.23 bits per heavy atom. The molecule has 1 atom stereocenters. The molecular weight excluding hydrogens is 272 g/mol. The lowest BCUT2D eigenvalue weighted by molar-refractivity contribution is -0.131. The van der Waals surface area contributed by atoms with Gasteiger partial charge in [-0.25, -0.2) is 0 Å². The minimum atomic E-state index is -0.569. The van der Waals surface area contributed by atoms with Crippen molar-refractivity contribution in [3.63, 3.8) is 0 Å². The first-order chi connectivity index (χ1) is 10.7. The van der Waals surface area contributed by atoms with Crippen LogP contribution in [0.5, 0.6) is 0 Å². The number of hydrogen-bond acceptors (Lipinski definition) is 2. The summed E-state index contributed by atoms with van der Waals surface area (Å²) in [5, 5.41) is 0. The summed E-state index contributed by atoms with van der Waals surface area (Å²) in [5.74, 6) is -0.0223. The lowest BCUT2D eigenvalue weighted by Gasteiger charge is -2.21. The number of unbranched alkanes of at least 4 members (excludes halogenated alkanes) is 1. The van der Waals surface area contributed by atoms with Crippen LogP contribution in [0.25, 0.3) is 0 Å². The van der Waals surface area contributed by atoms with Crippen LogP contribution in [0.2, 0.25) is 0 Å². The van der Waals surface area contributed by atoms with E-state index in [0.29, 0.717) is 0 Å². The topological polar surface area (TPSA) is 46.3 Å². The first kappa shape index (κ1) is 16.2. The number of carbonyl (C=O) groups is 1. The quantitative estimate of drug-likeness (QED) is 0.798. The van der Waals surface area contributed by atoms with E-state index in [1.807, 2.05) is 43.4 Å². The number of aryl methyl sites for hydroxylation is 1. The first-order valence-electron chi connectivity index (χ1n) is 7.78. The van der Waals surface area contributed by atoms with E-state index in [9.17, 15) is 4.79 Å². The molecule has 22 heavy (non-hydrogen) atoms.